The number of aromatic nitrogens is 7. The van der Waals surface area contributed by atoms with Crippen molar-refractivity contribution >= 4 is 0 Å². The van der Waals surface area contributed by atoms with E-state index in [9.17, 15) is 0 Å². The van der Waals surface area contributed by atoms with Gasteiger partial charge in [-0.15, -0.1) is 20.4 Å². The van der Waals surface area contributed by atoms with Gasteiger partial charge in [0.25, 0.3) is 0 Å². The van der Waals surface area contributed by atoms with Crippen molar-refractivity contribution in [3.63, 3.8) is 0 Å². The summed E-state index contributed by atoms with van der Waals surface area (Å²) in [5.41, 5.74) is 0.975. The Morgan fingerprint density at radius 2 is 1.92 bits per heavy atom. The van der Waals surface area contributed by atoms with Crippen LogP contribution in [0.1, 0.15) is 68.7 Å². The highest BCUT2D eigenvalue weighted by Crippen LogP contribution is 2.21. The summed E-state index contributed by atoms with van der Waals surface area (Å²) in [7, 11) is 0. The van der Waals surface area contributed by atoms with Crippen molar-refractivity contribution in [1.29, 1.82) is 0 Å². The summed E-state index contributed by atoms with van der Waals surface area (Å²) in [6, 6.07) is 0. The molecule has 0 radical (unpaired) electrons. The van der Waals surface area contributed by atoms with Gasteiger partial charge in [-0.2, -0.15) is 0 Å². The number of hydrogen-bond donors (Lipinski definition) is 0. The van der Waals surface area contributed by atoms with Crippen molar-refractivity contribution in [2.75, 3.05) is 0 Å². The van der Waals surface area contributed by atoms with Gasteiger partial charge in [0.1, 0.15) is 0 Å². The zero-order chi connectivity index (χ0) is 17.1. The van der Waals surface area contributed by atoms with Crippen molar-refractivity contribution < 1.29 is 8.94 Å². The van der Waals surface area contributed by atoms with E-state index in [1.807, 2.05) is 24.7 Å². The third kappa shape index (κ3) is 3.66. The van der Waals surface area contributed by atoms with Crippen molar-refractivity contribution in [2.24, 2.45) is 0 Å². The van der Waals surface area contributed by atoms with E-state index >= 15 is 0 Å². The average Bonchev–Trinajstić information content (AvgIpc) is 3.28. The molecule has 0 aliphatic carbocycles. The van der Waals surface area contributed by atoms with Crippen LogP contribution in [0.4, 0.5) is 0 Å². The smallest absolute Gasteiger partial charge is 0.221 e. The zero-order valence-electron chi connectivity index (χ0n) is 14.2. The predicted molar refractivity (Wildman–Crippen MR) is 83.2 cm³/mol. The van der Waals surface area contributed by atoms with Crippen LogP contribution in [0.2, 0.25) is 0 Å². The summed E-state index contributed by atoms with van der Waals surface area (Å²) >= 11 is 0. The lowest BCUT2D eigenvalue weighted by Crippen LogP contribution is -2.07. The molecule has 9 nitrogen and oxygen atoms in total. The molecule has 3 aromatic heterocycles. The van der Waals surface area contributed by atoms with E-state index in [0.29, 0.717) is 36.4 Å². The van der Waals surface area contributed by atoms with Gasteiger partial charge in [-0.1, -0.05) is 32.9 Å². The minimum Gasteiger partial charge on any atom is -0.425 e. The van der Waals surface area contributed by atoms with Crippen LogP contribution in [0.3, 0.4) is 0 Å². The standard InChI is InChI=1S/C15H21N7O2/c1-9(2)12-8-22(20-17-12)7-11(4)15-19-18-14(23-15)5-10(3)13-6-16-21-24-13/h6,8-11H,5,7H2,1-4H3. The highest BCUT2D eigenvalue weighted by Gasteiger charge is 2.19. The monoisotopic (exact) mass is 331 g/mol. The summed E-state index contributed by atoms with van der Waals surface area (Å²) in [5, 5.41) is 23.7. The van der Waals surface area contributed by atoms with Gasteiger partial charge in [0.05, 0.1) is 24.4 Å². The molecule has 2 unspecified atom stereocenters. The highest BCUT2D eigenvalue weighted by atomic mass is 16.5. The summed E-state index contributed by atoms with van der Waals surface area (Å²) in [6.45, 7) is 8.85. The molecule has 9 heteroatoms. The Hall–Kier alpha value is -2.58. The van der Waals surface area contributed by atoms with Gasteiger partial charge in [0.15, 0.2) is 5.76 Å². The number of rotatable bonds is 7. The van der Waals surface area contributed by atoms with Crippen molar-refractivity contribution in [3.8, 4) is 0 Å². The van der Waals surface area contributed by atoms with Gasteiger partial charge >= 0.3 is 0 Å². The molecule has 0 aliphatic heterocycles. The Morgan fingerprint density at radius 1 is 1.08 bits per heavy atom. The molecule has 3 heterocycles. The maximum absolute atomic E-state index is 5.77. The molecule has 3 aromatic rings. The maximum atomic E-state index is 5.77. The molecule has 128 valence electrons. The predicted octanol–water partition coefficient (Wildman–Crippen LogP) is 2.32. The highest BCUT2D eigenvalue weighted by molar-refractivity contribution is 5.01. The normalized spacial score (nSPS) is 14.2. The molecule has 0 fully saturated rings. The number of nitrogens with zero attached hydrogens (tertiary/aromatic N) is 7. The minimum atomic E-state index is 0.0511. The first kappa shape index (κ1) is 16.3. The topological polar surface area (TPSA) is 109 Å². The maximum Gasteiger partial charge on any atom is 0.221 e. The molecule has 0 aliphatic rings. The molecule has 3 rings (SSSR count). The van der Waals surface area contributed by atoms with Crippen LogP contribution in [0, 0.1) is 0 Å². The molecule has 24 heavy (non-hydrogen) atoms. The fourth-order valence-electron chi connectivity index (χ4n) is 2.33. The fourth-order valence-corrected chi connectivity index (χ4v) is 2.33. The SMILES string of the molecule is CC(C)c1cn(CC(C)c2nnc(CC(C)c3cnno3)o2)nn1. The van der Waals surface area contributed by atoms with E-state index < -0.39 is 0 Å². The molecule has 2 atom stereocenters. The van der Waals surface area contributed by atoms with Gasteiger partial charge in [-0.25, -0.2) is 0 Å². The first-order chi connectivity index (χ1) is 11.5. The Morgan fingerprint density at radius 3 is 2.58 bits per heavy atom. The number of hydrogen-bond acceptors (Lipinski definition) is 8. The Balaban J connectivity index is 1.61. The molecular weight excluding hydrogens is 310 g/mol. The van der Waals surface area contributed by atoms with E-state index in [0.717, 1.165) is 5.69 Å². The summed E-state index contributed by atoms with van der Waals surface area (Å²) in [4.78, 5) is 0. The Bertz CT molecular complexity index is 762. The molecule has 0 bridgehead atoms. The van der Waals surface area contributed by atoms with Gasteiger partial charge in [-0.05, 0) is 5.92 Å². The first-order valence-electron chi connectivity index (χ1n) is 8.02. The van der Waals surface area contributed by atoms with E-state index in [4.69, 9.17) is 8.94 Å². The van der Waals surface area contributed by atoms with Crippen LogP contribution in [-0.2, 0) is 13.0 Å². The van der Waals surface area contributed by atoms with E-state index in [-0.39, 0.29) is 11.8 Å². The third-order valence-corrected chi connectivity index (χ3v) is 3.86. The second-order valence-corrected chi connectivity index (χ2v) is 6.38. The zero-order valence-corrected chi connectivity index (χ0v) is 14.2. The van der Waals surface area contributed by atoms with Crippen molar-refractivity contribution in [2.45, 2.75) is 58.4 Å². The van der Waals surface area contributed by atoms with E-state index in [1.165, 1.54) is 0 Å². The Labute approximate surface area is 139 Å². The van der Waals surface area contributed by atoms with Crippen LogP contribution in [0.15, 0.2) is 21.3 Å². The lowest BCUT2D eigenvalue weighted by Gasteiger charge is -2.06. The van der Waals surface area contributed by atoms with E-state index in [1.54, 1.807) is 6.20 Å². The quantitative estimate of drug-likeness (QED) is 0.649. The molecule has 0 N–H and O–H groups in total. The lowest BCUT2D eigenvalue weighted by atomic mass is 10.1. The second-order valence-electron chi connectivity index (χ2n) is 6.38. The largest absolute Gasteiger partial charge is 0.425 e. The van der Waals surface area contributed by atoms with Crippen LogP contribution in [0.25, 0.3) is 0 Å². The molecule has 0 saturated heterocycles. The van der Waals surface area contributed by atoms with Gasteiger partial charge in [0.2, 0.25) is 11.8 Å². The molecule has 0 amide bonds. The first-order valence-corrected chi connectivity index (χ1v) is 8.02. The molecule has 0 aromatic carbocycles. The van der Waals surface area contributed by atoms with Crippen LogP contribution < -0.4 is 0 Å². The van der Waals surface area contributed by atoms with Crippen LogP contribution in [-0.4, -0.2) is 35.6 Å². The summed E-state index contributed by atoms with van der Waals surface area (Å²) < 4.78 is 12.6. The van der Waals surface area contributed by atoms with Gasteiger partial charge < -0.3 is 8.94 Å². The second kappa shape index (κ2) is 6.90. The third-order valence-electron chi connectivity index (χ3n) is 3.86. The Kier molecular flexibility index (Phi) is 4.68. The molecule has 0 saturated carbocycles. The summed E-state index contributed by atoms with van der Waals surface area (Å²) in [6.07, 6.45) is 4.14. The minimum absolute atomic E-state index is 0.0511. The fraction of sp³-hybridized carbons (Fsp3) is 0.600. The lowest BCUT2D eigenvalue weighted by molar-refractivity contribution is 0.335. The van der Waals surface area contributed by atoms with Gasteiger partial charge in [-0.3, -0.25) is 4.68 Å². The molecule has 0 spiro atoms. The molecular formula is C15H21N7O2. The average molecular weight is 331 g/mol. The van der Waals surface area contributed by atoms with E-state index in [2.05, 4.69) is 44.7 Å². The van der Waals surface area contributed by atoms with Crippen molar-refractivity contribution in [3.05, 3.63) is 35.6 Å². The van der Waals surface area contributed by atoms with Crippen molar-refractivity contribution in [1.82, 2.24) is 35.6 Å². The summed E-state index contributed by atoms with van der Waals surface area (Å²) in [5.74, 6) is 2.35. The van der Waals surface area contributed by atoms with Crippen LogP contribution >= 0.6 is 0 Å². The van der Waals surface area contributed by atoms with Gasteiger partial charge in [0, 0.05) is 23.8 Å². The van der Waals surface area contributed by atoms with Crippen LogP contribution in [0.5, 0.6) is 0 Å².